The zero-order chi connectivity index (χ0) is 28.5. The molecule has 0 amide bonds. The van der Waals surface area contributed by atoms with Crippen molar-refractivity contribution in [1.82, 2.24) is 0 Å². The number of ether oxygens (including phenoxy) is 2. The summed E-state index contributed by atoms with van der Waals surface area (Å²) in [6.07, 6.45) is 7.69. The molecule has 42 heavy (non-hydrogen) atoms. The zero-order valence-corrected chi connectivity index (χ0v) is 27.1. The Balaban J connectivity index is 0.000000137. The lowest BCUT2D eigenvalue weighted by Crippen LogP contribution is -2.33. The maximum absolute atomic E-state index is 6.17. The molecule has 2 nitrogen and oxygen atoms in total. The summed E-state index contributed by atoms with van der Waals surface area (Å²) in [5, 5.41) is 0. The minimum absolute atomic E-state index is 0.255. The summed E-state index contributed by atoms with van der Waals surface area (Å²) in [7, 11) is 0. The molecule has 2 heterocycles. The van der Waals surface area contributed by atoms with Crippen molar-refractivity contribution in [1.29, 1.82) is 0 Å². The van der Waals surface area contributed by atoms with Crippen LogP contribution in [0.5, 0.6) is 0 Å². The normalized spacial score (nSPS) is 27.8. The van der Waals surface area contributed by atoms with Crippen LogP contribution in [-0.4, -0.2) is 13.2 Å². The lowest BCUT2D eigenvalue weighted by Gasteiger charge is -2.42. The maximum Gasteiger partial charge on any atom is 0.0859 e. The molecule has 0 unspecified atom stereocenters. The van der Waals surface area contributed by atoms with Crippen molar-refractivity contribution < 1.29 is 9.47 Å². The summed E-state index contributed by atoms with van der Waals surface area (Å²) in [5.41, 5.74) is 8.89. The van der Waals surface area contributed by atoms with Gasteiger partial charge in [0, 0.05) is 22.2 Å². The number of benzene rings is 4. The molecule has 0 aromatic heterocycles. The lowest BCUT2D eigenvalue weighted by atomic mass is 9.69. The van der Waals surface area contributed by atoms with Crippen LogP contribution in [0.15, 0.2) is 106 Å². The monoisotopic (exact) mass is 684 g/mol. The molecule has 0 saturated carbocycles. The van der Waals surface area contributed by atoms with E-state index >= 15 is 0 Å². The van der Waals surface area contributed by atoms with E-state index in [-0.39, 0.29) is 12.2 Å². The van der Waals surface area contributed by atoms with E-state index in [2.05, 4.69) is 129 Å². The number of hydrogen-bond donors (Lipinski definition) is 0. The quantitative estimate of drug-likeness (QED) is 0.209. The summed E-state index contributed by atoms with van der Waals surface area (Å²) < 4.78 is 14.6. The van der Waals surface area contributed by atoms with Crippen LogP contribution in [0.2, 0.25) is 0 Å². The first-order valence-electron chi connectivity index (χ1n) is 15.6. The smallest absolute Gasteiger partial charge is 0.0859 e. The van der Waals surface area contributed by atoms with Crippen LogP contribution in [0.4, 0.5) is 0 Å². The summed E-state index contributed by atoms with van der Waals surface area (Å²) in [6, 6.07) is 35.3. The molecule has 4 aliphatic rings. The summed E-state index contributed by atoms with van der Waals surface area (Å²) >= 11 is 7.04. The van der Waals surface area contributed by atoms with E-state index < -0.39 is 0 Å². The molecule has 0 bridgehead atoms. The van der Waals surface area contributed by atoms with E-state index in [1.54, 1.807) is 22.3 Å². The number of rotatable bonds is 2. The molecule has 4 heteroatoms. The van der Waals surface area contributed by atoms with E-state index in [1.807, 2.05) is 0 Å². The van der Waals surface area contributed by atoms with Gasteiger partial charge in [0.25, 0.3) is 0 Å². The highest BCUT2D eigenvalue weighted by molar-refractivity contribution is 9.10. The van der Waals surface area contributed by atoms with E-state index in [4.69, 9.17) is 9.47 Å². The van der Waals surface area contributed by atoms with E-state index in [1.165, 1.54) is 36.8 Å². The highest BCUT2D eigenvalue weighted by atomic mass is 79.9. The zero-order valence-electron chi connectivity index (χ0n) is 23.9. The Labute approximate surface area is 267 Å². The van der Waals surface area contributed by atoms with Crippen LogP contribution in [0, 0.1) is 11.8 Å². The van der Waals surface area contributed by atoms with Crippen LogP contribution in [0.3, 0.4) is 0 Å². The topological polar surface area (TPSA) is 18.5 Å². The number of fused-ring (bicyclic) bond motifs is 6. The second-order valence-electron chi connectivity index (χ2n) is 12.3. The Morgan fingerprint density at radius 3 is 1.31 bits per heavy atom. The molecule has 6 atom stereocenters. The molecule has 0 N–H and O–H groups in total. The SMILES string of the molecule is Brc1ccc([C@@H]2OCC[C@@H]3c4ccccc4CC[C@H]32)cc1.Brc1ccc([C@H]2OCC[C@H]3c4ccccc4CC[C@H]23)cc1. The minimum Gasteiger partial charge on any atom is -0.373 e. The van der Waals surface area contributed by atoms with E-state index in [0.29, 0.717) is 23.7 Å². The second-order valence-corrected chi connectivity index (χ2v) is 14.1. The Morgan fingerprint density at radius 2 is 0.881 bits per heavy atom. The predicted octanol–water partition coefficient (Wildman–Crippen LogP) is 10.5. The van der Waals surface area contributed by atoms with Crippen molar-refractivity contribution in [2.45, 2.75) is 62.6 Å². The molecule has 8 rings (SSSR count). The molecular formula is C38H38Br2O2. The van der Waals surface area contributed by atoms with Gasteiger partial charge in [0.15, 0.2) is 0 Å². The number of halogens is 2. The maximum atomic E-state index is 6.17. The van der Waals surface area contributed by atoms with Crippen LogP contribution >= 0.6 is 31.9 Å². The van der Waals surface area contributed by atoms with Gasteiger partial charge in [-0.15, -0.1) is 0 Å². The number of hydrogen-bond acceptors (Lipinski definition) is 2. The molecule has 0 spiro atoms. The van der Waals surface area contributed by atoms with Crippen molar-refractivity contribution in [3.63, 3.8) is 0 Å². The summed E-state index contributed by atoms with van der Waals surface area (Å²) in [6.45, 7) is 1.74. The van der Waals surface area contributed by atoms with Gasteiger partial charge in [0.05, 0.1) is 12.2 Å². The highest BCUT2D eigenvalue weighted by Gasteiger charge is 2.40. The van der Waals surface area contributed by atoms with Crippen LogP contribution in [0.1, 0.15) is 83.1 Å². The molecule has 2 aliphatic carbocycles. The van der Waals surface area contributed by atoms with Crippen LogP contribution in [-0.2, 0) is 22.3 Å². The standard InChI is InChI=1S/2C19H19BrO/c2*20-15-8-5-14(6-9-15)19-18-10-7-13-3-1-2-4-16(13)17(18)11-12-21-19/h2*1-6,8-9,17-19H,7,10-12H2/t2*17-,18-,19+/m10/s1. The third-order valence-corrected chi connectivity index (χ3v) is 11.1. The second kappa shape index (κ2) is 12.8. The molecule has 2 saturated heterocycles. The van der Waals surface area contributed by atoms with Gasteiger partial charge in [-0.05, 0) is 120 Å². The first-order valence-corrected chi connectivity index (χ1v) is 17.1. The Hall–Kier alpha value is -2.24. The Morgan fingerprint density at radius 1 is 0.476 bits per heavy atom. The van der Waals surface area contributed by atoms with Crippen molar-refractivity contribution in [3.8, 4) is 0 Å². The van der Waals surface area contributed by atoms with E-state index in [9.17, 15) is 0 Å². The van der Waals surface area contributed by atoms with Crippen molar-refractivity contribution in [2.75, 3.05) is 13.2 Å². The van der Waals surface area contributed by atoms with Gasteiger partial charge in [-0.2, -0.15) is 0 Å². The van der Waals surface area contributed by atoms with Crippen molar-refractivity contribution in [2.24, 2.45) is 11.8 Å². The van der Waals surface area contributed by atoms with Gasteiger partial charge in [-0.3, -0.25) is 0 Å². The molecule has 216 valence electrons. The first-order chi connectivity index (χ1) is 20.7. The summed E-state index contributed by atoms with van der Waals surface area (Å²) in [4.78, 5) is 0. The molecule has 0 radical (unpaired) electrons. The molecule has 4 aromatic rings. The van der Waals surface area contributed by atoms with E-state index in [0.717, 1.165) is 35.0 Å². The number of aryl methyl sites for hydroxylation is 2. The lowest BCUT2D eigenvalue weighted by molar-refractivity contribution is -0.0460. The Bertz CT molecular complexity index is 1380. The van der Waals surface area contributed by atoms with Crippen molar-refractivity contribution in [3.05, 3.63) is 139 Å². The molecular weight excluding hydrogens is 648 g/mol. The molecule has 2 aliphatic heterocycles. The fourth-order valence-electron chi connectivity index (χ4n) is 8.10. The van der Waals surface area contributed by atoms with Gasteiger partial charge in [0.1, 0.15) is 0 Å². The minimum atomic E-state index is 0.255. The van der Waals surface area contributed by atoms with Gasteiger partial charge in [-0.1, -0.05) is 105 Å². The van der Waals surface area contributed by atoms with Gasteiger partial charge in [0.2, 0.25) is 0 Å². The fraction of sp³-hybridized carbons (Fsp3) is 0.368. The Kier molecular flexibility index (Phi) is 8.68. The average molecular weight is 687 g/mol. The molecule has 4 aromatic carbocycles. The van der Waals surface area contributed by atoms with Crippen LogP contribution in [0.25, 0.3) is 0 Å². The third kappa shape index (κ3) is 5.80. The summed E-state index contributed by atoms with van der Waals surface area (Å²) in [5.74, 6) is 2.57. The van der Waals surface area contributed by atoms with Crippen molar-refractivity contribution >= 4 is 31.9 Å². The largest absolute Gasteiger partial charge is 0.373 e. The molecule has 2 fully saturated rings. The van der Waals surface area contributed by atoms with Crippen LogP contribution < -0.4 is 0 Å². The fourth-order valence-corrected chi connectivity index (χ4v) is 8.63. The van der Waals surface area contributed by atoms with Gasteiger partial charge < -0.3 is 9.47 Å². The van der Waals surface area contributed by atoms with Gasteiger partial charge >= 0.3 is 0 Å². The van der Waals surface area contributed by atoms with Gasteiger partial charge in [-0.25, -0.2) is 0 Å². The first kappa shape index (κ1) is 28.5. The third-order valence-electron chi connectivity index (χ3n) is 10.1. The predicted molar refractivity (Wildman–Crippen MR) is 177 cm³/mol. The highest BCUT2D eigenvalue weighted by Crippen LogP contribution is 2.50. The average Bonchev–Trinajstić information content (AvgIpc) is 3.05.